The molecule has 1 saturated heterocycles. The van der Waals surface area contributed by atoms with E-state index in [4.69, 9.17) is 13.6 Å². The van der Waals surface area contributed by atoms with E-state index in [0.717, 1.165) is 6.29 Å². The number of nitrogens with zero attached hydrogens (tertiary/aromatic N) is 4. The average Bonchev–Trinajstić information content (AvgIpc) is 3.44. The van der Waals surface area contributed by atoms with E-state index in [-0.39, 0.29) is 21.8 Å². The van der Waals surface area contributed by atoms with E-state index >= 15 is 0 Å². The van der Waals surface area contributed by atoms with E-state index in [9.17, 15) is 9.59 Å². The van der Waals surface area contributed by atoms with Gasteiger partial charge in [-0.15, -0.1) is 0 Å². The molecule has 1 aliphatic heterocycles. The quantitative estimate of drug-likeness (QED) is 0.250. The van der Waals surface area contributed by atoms with Crippen molar-refractivity contribution in [1.29, 1.82) is 0 Å². The predicted octanol–water partition coefficient (Wildman–Crippen LogP) is 5.96. The predicted molar refractivity (Wildman–Crippen MR) is 164 cm³/mol. The van der Waals surface area contributed by atoms with Crippen molar-refractivity contribution in [3.8, 4) is 0 Å². The van der Waals surface area contributed by atoms with Gasteiger partial charge >= 0.3 is 0 Å². The molecule has 0 radical (unpaired) electrons. The minimum atomic E-state index is -2.35. The number of fused-ring (bicyclic) bond motifs is 1. The van der Waals surface area contributed by atoms with Crippen molar-refractivity contribution in [1.82, 2.24) is 19.5 Å². The fourth-order valence-corrected chi connectivity index (χ4v) is 6.78. The van der Waals surface area contributed by atoms with Gasteiger partial charge in [0.25, 0.3) is 5.91 Å². The molecule has 41 heavy (non-hydrogen) atoms. The summed E-state index contributed by atoms with van der Waals surface area (Å²) in [6.07, 6.45) is 1.02. The number of carbonyl (C=O) groups is 2. The first kappa shape index (κ1) is 31.2. The van der Waals surface area contributed by atoms with Gasteiger partial charge in [0.2, 0.25) is 0 Å². The van der Waals surface area contributed by atoms with Crippen LogP contribution in [-0.2, 0) is 18.4 Å². The minimum Gasteiger partial charge on any atom is -0.408 e. The molecule has 3 heterocycles. The van der Waals surface area contributed by atoms with Crippen LogP contribution in [0.1, 0.15) is 58.1 Å². The van der Waals surface area contributed by atoms with Gasteiger partial charge in [-0.2, -0.15) is 0 Å². The van der Waals surface area contributed by atoms with E-state index < -0.39 is 41.2 Å². The molecule has 1 aliphatic rings. The summed E-state index contributed by atoms with van der Waals surface area (Å²) in [5.41, 5.74) is 1.36. The Morgan fingerprint density at radius 1 is 0.927 bits per heavy atom. The van der Waals surface area contributed by atoms with Gasteiger partial charge in [-0.05, 0) is 48.4 Å². The lowest BCUT2D eigenvalue weighted by molar-refractivity contribution is -0.122. The Hall–Kier alpha value is -2.78. The second kappa shape index (κ2) is 11.1. The van der Waals surface area contributed by atoms with Crippen molar-refractivity contribution in [2.24, 2.45) is 0 Å². The molecule has 0 spiro atoms. The van der Waals surface area contributed by atoms with Crippen LogP contribution >= 0.6 is 0 Å². The fourth-order valence-electron chi connectivity index (χ4n) is 4.19. The van der Waals surface area contributed by atoms with Gasteiger partial charge in [-0.1, -0.05) is 59.7 Å². The summed E-state index contributed by atoms with van der Waals surface area (Å²) >= 11 is 0. The van der Waals surface area contributed by atoms with E-state index in [2.05, 4.69) is 88.0 Å². The molecule has 1 N–H and O–H groups in total. The normalized spacial score (nSPS) is 22.2. The first-order chi connectivity index (χ1) is 19.0. The summed E-state index contributed by atoms with van der Waals surface area (Å²) in [7, 11) is -4.67. The summed E-state index contributed by atoms with van der Waals surface area (Å²) in [4.78, 5) is 38.6. The molecule has 2 aromatic heterocycles. The molecule has 4 atom stereocenters. The Morgan fingerprint density at radius 3 is 2.07 bits per heavy atom. The third kappa shape index (κ3) is 6.21. The van der Waals surface area contributed by atoms with Crippen molar-refractivity contribution < 1.29 is 23.2 Å². The van der Waals surface area contributed by atoms with Crippen LogP contribution in [0.3, 0.4) is 0 Å². The number of benzene rings is 1. The van der Waals surface area contributed by atoms with E-state index in [0.29, 0.717) is 16.7 Å². The SMILES string of the molecule is CC(C)(C)[Si](C)(C)O[C@@H]1[C@H](O[Si](C)(C)C(C)(C)C)[C@@H](C=O)O[C@H]1n1cnc2c(NC(=O)c3ccccc3)ncnc21. The van der Waals surface area contributed by atoms with Crippen molar-refractivity contribution in [2.75, 3.05) is 5.32 Å². The third-order valence-corrected chi connectivity index (χ3v) is 17.7. The van der Waals surface area contributed by atoms with Crippen LogP contribution in [-0.4, -0.2) is 66.7 Å². The number of hydrogen-bond acceptors (Lipinski definition) is 8. The highest BCUT2D eigenvalue weighted by molar-refractivity contribution is 6.74. The maximum atomic E-state index is 12.9. The maximum absolute atomic E-state index is 12.9. The zero-order chi connectivity index (χ0) is 30.4. The highest BCUT2D eigenvalue weighted by atomic mass is 28.4. The molecule has 0 unspecified atom stereocenters. The zero-order valence-corrected chi connectivity index (χ0v) is 27.8. The number of amides is 1. The van der Waals surface area contributed by atoms with E-state index in [1.807, 2.05) is 6.07 Å². The summed E-state index contributed by atoms with van der Waals surface area (Å²) < 4.78 is 22.0. The molecule has 1 amide bonds. The second-order valence-electron chi connectivity index (χ2n) is 13.7. The number of carbonyl (C=O) groups excluding carboxylic acids is 2. The molecule has 4 rings (SSSR count). The van der Waals surface area contributed by atoms with Crippen molar-refractivity contribution >= 4 is 45.8 Å². The molecule has 3 aromatic rings. The number of hydrogen-bond donors (Lipinski definition) is 1. The number of anilines is 1. The summed E-state index contributed by atoms with van der Waals surface area (Å²) in [6.45, 7) is 21.7. The molecular formula is C29H43N5O5Si2. The first-order valence-corrected chi connectivity index (χ1v) is 19.8. The van der Waals surface area contributed by atoms with Crippen molar-refractivity contribution in [3.63, 3.8) is 0 Å². The Morgan fingerprint density at radius 2 is 1.51 bits per heavy atom. The van der Waals surface area contributed by atoms with Gasteiger partial charge in [0, 0.05) is 5.56 Å². The van der Waals surface area contributed by atoms with Crippen molar-refractivity contribution in [3.05, 3.63) is 48.5 Å². The lowest BCUT2D eigenvalue weighted by atomic mass is 10.1. The topological polar surface area (TPSA) is 117 Å². The van der Waals surface area contributed by atoms with Crippen LogP contribution in [0.15, 0.2) is 43.0 Å². The Labute approximate surface area is 244 Å². The van der Waals surface area contributed by atoms with E-state index in [1.165, 1.54) is 6.33 Å². The maximum Gasteiger partial charge on any atom is 0.256 e. The van der Waals surface area contributed by atoms with Crippen LogP contribution in [0.25, 0.3) is 11.2 Å². The van der Waals surface area contributed by atoms with Gasteiger partial charge in [-0.3, -0.25) is 9.36 Å². The molecule has 1 aromatic carbocycles. The number of rotatable bonds is 8. The minimum absolute atomic E-state index is 0.0825. The fraction of sp³-hybridized carbons (Fsp3) is 0.552. The Bertz CT molecular complexity index is 1400. The third-order valence-electron chi connectivity index (χ3n) is 8.73. The van der Waals surface area contributed by atoms with Gasteiger partial charge in [0.05, 0.1) is 6.33 Å². The number of nitrogens with one attached hydrogen (secondary N) is 1. The van der Waals surface area contributed by atoms with Crippen LogP contribution in [0.5, 0.6) is 0 Å². The molecule has 10 nitrogen and oxygen atoms in total. The molecule has 0 bridgehead atoms. The first-order valence-electron chi connectivity index (χ1n) is 14.0. The van der Waals surface area contributed by atoms with Crippen LogP contribution < -0.4 is 5.32 Å². The summed E-state index contributed by atoms with van der Waals surface area (Å²) in [6, 6.07) is 8.89. The average molecular weight is 598 g/mol. The highest BCUT2D eigenvalue weighted by Crippen LogP contribution is 2.45. The standard InChI is InChI=1S/C29H43N5O5Si2/c1-28(2,3)40(7,8)38-22-20(16-35)37-27(23(22)39-41(9,10)29(4,5)6)34-18-32-21-24(30-17-31-25(21)34)33-26(36)19-14-12-11-13-15-19/h11-18,20,22-23,27H,1-10H3,(H,30,31,33,36)/t20-,22-,23-,27-/m1/s1. The molecule has 1 fully saturated rings. The molecular weight excluding hydrogens is 555 g/mol. The zero-order valence-electron chi connectivity index (χ0n) is 25.8. The molecule has 12 heteroatoms. The summed E-state index contributed by atoms with van der Waals surface area (Å²) in [5.74, 6) is -0.0243. The van der Waals surface area contributed by atoms with Crippen LogP contribution in [0.2, 0.25) is 36.3 Å². The second-order valence-corrected chi connectivity index (χ2v) is 23.2. The molecule has 222 valence electrons. The number of imidazole rings is 1. The molecule has 0 aliphatic carbocycles. The van der Waals surface area contributed by atoms with E-state index in [1.54, 1.807) is 35.2 Å². The number of aldehydes is 1. The van der Waals surface area contributed by atoms with Crippen LogP contribution in [0, 0.1) is 0 Å². The van der Waals surface area contributed by atoms with Gasteiger partial charge in [0.15, 0.2) is 46.1 Å². The van der Waals surface area contributed by atoms with Crippen molar-refractivity contribution in [2.45, 2.75) is 102 Å². The Balaban J connectivity index is 1.76. The lowest BCUT2D eigenvalue weighted by Crippen LogP contribution is -2.53. The Kier molecular flexibility index (Phi) is 8.47. The lowest BCUT2D eigenvalue weighted by Gasteiger charge is -2.43. The monoisotopic (exact) mass is 597 g/mol. The number of ether oxygens (including phenoxy) is 1. The highest BCUT2D eigenvalue weighted by Gasteiger charge is 2.54. The van der Waals surface area contributed by atoms with Gasteiger partial charge < -0.3 is 23.7 Å². The largest absolute Gasteiger partial charge is 0.408 e. The number of aromatic nitrogens is 4. The summed E-state index contributed by atoms with van der Waals surface area (Å²) in [5, 5.41) is 2.67. The van der Waals surface area contributed by atoms with Gasteiger partial charge in [-0.25, -0.2) is 15.0 Å². The smallest absolute Gasteiger partial charge is 0.256 e. The van der Waals surface area contributed by atoms with Crippen LogP contribution in [0.4, 0.5) is 5.82 Å². The van der Waals surface area contributed by atoms with Gasteiger partial charge in [0.1, 0.15) is 24.6 Å². The molecule has 0 saturated carbocycles.